The van der Waals surface area contributed by atoms with Crippen molar-refractivity contribution in [2.24, 2.45) is 0 Å². The number of nitrogens with zero attached hydrogens (tertiary/aromatic N) is 4. The number of likely N-dealkylation sites (N-methyl/N-ethyl adjacent to an activating group) is 1. The van der Waals surface area contributed by atoms with Gasteiger partial charge in [-0.1, -0.05) is 11.6 Å². The summed E-state index contributed by atoms with van der Waals surface area (Å²) in [4.78, 5) is 19.6. The molecule has 164 valence electrons. The van der Waals surface area contributed by atoms with Crippen molar-refractivity contribution in [3.8, 4) is 6.07 Å². The quantitative estimate of drug-likeness (QED) is 0.713. The number of nitriles is 1. The number of hydrogen-bond acceptors (Lipinski definition) is 5. The molecule has 2 atom stereocenters. The van der Waals surface area contributed by atoms with Crippen molar-refractivity contribution < 1.29 is 27.5 Å². The van der Waals surface area contributed by atoms with Gasteiger partial charge in [0.05, 0.1) is 16.7 Å². The zero-order chi connectivity index (χ0) is 23.1. The molecule has 1 aromatic carbocycles. The van der Waals surface area contributed by atoms with Gasteiger partial charge in [0.15, 0.2) is 0 Å². The maximum absolute atomic E-state index is 13.5. The first-order valence-corrected chi connectivity index (χ1v) is 9.48. The molecular formula is C20H17ClF4N4O2. The number of benzene rings is 1. The Bertz CT molecular complexity index is 1070. The number of aromatic nitrogens is 1. The first-order valence-electron chi connectivity index (χ1n) is 9.10. The average Bonchev–Trinajstić information content (AvgIpc) is 3.09. The van der Waals surface area contributed by atoms with E-state index in [-0.39, 0.29) is 35.2 Å². The molecule has 1 aliphatic rings. The van der Waals surface area contributed by atoms with E-state index in [1.54, 1.807) is 0 Å². The number of anilines is 2. The zero-order valence-corrected chi connectivity index (χ0v) is 17.2. The van der Waals surface area contributed by atoms with Crippen LogP contribution >= 0.6 is 11.6 Å². The molecular weight excluding hydrogens is 440 g/mol. The lowest BCUT2D eigenvalue weighted by atomic mass is 10.1. The minimum Gasteiger partial charge on any atom is -0.391 e. The number of alkyl halides is 3. The van der Waals surface area contributed by atoms with E-state index in [4.69, 9.17) is 11.6 Å². The predicted molar refractivity (Wildman–Crippen MR) is 105 cm³/mol. The molecule has 1 saturated heterocycles. The molecule has 11 heteroatoms. The Morgan fingerprint density at radius 2 is 2.06 bits per heavy atom. The summed E-state index contributed by atoms with van der Waals surface area (Å²) in [6.07, 6.45) is -5.91. The summed E-state index contributed by atoms with van der Waals surface area (Å²) in [5, 5.41) is 19.4. The van der Waals surface area contributed by atoms with E-state index in [1.165, 1.54) is 37.1 Å². The van der Waals surface area contributed by atoms with Gasteiger partial charge >= 0.3 is 6.18 Å². The van der Waals surface area contributed by atoms with E-state index in [1.807, 2.05) is 0 Å². The second-order valence-electron chi connectivity index (χ2n) is 7.17. The summed E-state index contributed by atoms with van der Waals surface area (Å²) in [6.45, 7) is 1.16. The van der Waals surface area contributed by atoms with Crippen LogP contribution in [-0.2, 0) is 11.0 Å². The largest absolute Gasteiger partial charge is 0.417 e. The summed E-state index contributed by atoms with van der Waals surface area (Å²) < 4.78 is 53.9. The summed E-state index contributed by atoms with van der Waals surface area (Å²) in [6, 6.07) is 4.84. The van der Waals surface area contributed by atoms with Gasteiger partial charge in [-0.25, -0.2) is 9.37 Å². The molecule has 3 rings (SSSR count). The maximum atomic E-state index is 13.5. The van der Waals surface area contributed by atoms with E-state index in [2.05, 4.69) is 4.98 Å². The van der Waals surface area contributed by atoms with Gasteiger partial charge in [0, 0.05) is 31.4 Å². The number of aliphatic hydroxyl groups is 1. The molecule has 0 saturated carbocycles. The van der Waals surface area contributed by atoms with Gasteiger partial charge < -0.3 is 14.9 Å². The lowest BCUT2D eigenvalue weighted by Crippen LogP contribution is -2.45. The van der Waals surface area contributed by atoms with E-state index < -0.39 is 41.2 Å². The Morgan fingerprint density at radius 3 is 2.65 bits per heavy atom. The molecule has 1 amide bonds. The summed E-state index contributed by atoms with van der Waals surface area (Å²) in [5.74, 6) is -1.58. The summed E-state index contributed by atoms with van der Waals surface area (Å²) >= 11 is 5.77. The van der Waals surface area contributed by atoms with Crippen LogP contribution in [0.2, 0.25) is 5.02 Å². The molecule has 0 spiro atoms. The number of halogens is 5. The van der Waals surface area contributed by atoms with Gasteiger partial charge in [-0.15, -0.1) is 0 Å². The normalized spacial score (nSPS) is 18.7. The molecule has 0 unspecified atom stereocenters. The van der Waals surface area contributed by atoms with Crippen molar-refractivity contribution in [1.82, 2.24) is 4.98 Å². The fraction of sp³-hybridized carbons (Fsp3) is 0.350. The van der Waals surface area contributed by atoms with Crippen LogP contribution in [-0.4, -0.2) is 41.7 Å². The number of pyridine rings is 1. The zero-order valence-electron chi connectivity index (χ0n) is 16.4. The van der Waals surface area contributed by atoms with Crippen LogP contribution in [0, 0.1) is 24.1 Å². The molecule has 2 heterocycles. The summed E-state index contributed by atoms with van der Waals surface area (Å²) in [5.41, 5.74) is -1.62. The topological polar surface area (TPSA) is 80.5 Å². The molecule has 1 N–H and O–H groups in total. The number of rotatable bonds is 3. The SMILES string of the molecule is Cc1cc(C(F)(F)F)c(C#N)c(N2C[C@@H](O)C[C@H]2C(=O)N(C)c2ccc(F)c(Cl)c2)n1. The Hall–Kier alpha value is -2.90. The monoisotopic (exact) mass is 456 g/mol. The van der Waals surface area contributed by atoms with Crippen LogP contribution in [0.25, 0.3) is 0 Å². The first kappa shape index (κ1) is 22.8. The molecule has 0 aliphatic carbocycles. The molecule has 1 aromatic heterocycles. The highest BCUT2D eigenvalue weighted by Gasteiger charge is 2.42. The van der Waals surface area contributed by atoms with Gasteiger partial charge in [0.2, 0.25) is 5.91 Å². The molecule has 1 aliphatic heterocycles. The number of aliphatic hydroxyl groups excluding tert-OH is 1. The Kier molecular flexibility index (Phi) is 6.11. The van der Waals surface area contributed by atoms with Crippen LogP contribution in [0.5, 0.6) is 0 Å². The summed E-state index contributed by atoms with van der Waals surface area (Å²) in [7, 11) is 1.39. The van der Waals surface area contributed by atoms with Crippen LogP contribution in [0.1, 0.15) is 23.2 Å². The molecule has 0 bridgehead atoms. The third kappa shape index (κ3) is 4.43. The number of β-amino-alcohol motifs (C(OH)–C–C–N with tert-alkyl or cyclic N) is 1. The van der Waals surface area contributed by atoms with Crippen LogP contribution in [0.15, 0.2) is 24.3 Å². The molecule has 2 aromatic rings. The van der Waals surface area contributed by atoms with Crippen molar-refractivity contribution in [3.05, 3.63) is 51.9 Å². The highest BCUT2D eigenvalue weighted by atomic mass is 35.5. The van der Waals surface area contributed by atoms with Crippen LogP contribution in [0.4, 0.5) is 29.1 Å². The molecule has 31 heavy (non-hydrogen) atoms. The van der Waals surface area contributed by atoms with Crippen molar-refractivity contribution in [2.75, 3.05) is 23.4 Å². The van der Waals surface area contributed by atoms with Crippen molar-refractivity contribution >= 4 is 29.0 Å². The van der Waals surface area contributed by atoms with Gasteiger partial charge in [0.1, 0.15) is 29.3 Å². The maximum Gasteiger partial charge on any atom is 0.417 e. The van der Waals surface area contributed by atoms with Gasteiger partial charge in [-0.2, -0.15) is 18.4 Å². The van der Waals surface area contributed by atoms with Gasteiger partial charge in [-0.3, -0.25) is 4.79 Å². The third-order valence-corrected chi connectivity index (χ3v) is 5.29. The van der Waals surface area contributed by atoms with E-state index in [0.717, 1.165) is 17.0 Å². The fourth-order valence-electron chi connectivity index (χ4n) is 3.52. The molecule has 6 nitrogen and oxygen atoms in total. The number of hydrogen-bond donors (Lipinski definition) is 1. The standard InChI is InChI=1S/C20H17ClF4N4O2/c1-10-5-14(20(23,24)25)13(8-26)18(27-10)29-9-12(30)7-17(29)19(31)28(2)11-3-4-16(22)15(21)6-11/h3-6,12,17,30H,7,9H2,1-2H3/t12-,17-/m0/s1. The predicted octanol–water partition coefficient (Wildman–Crippen LogP) is 3.68. The van der Waals surface area contributed by atoms with Crippen molar-refractivity contribution in [1.29, 1.82) is 5.26 Å². The van der Waals surface area contributed by atoms with E-state index in [9.17, 15) is 32.7 Å². The minimum absolute atomic E-state index is 0.00702. The van der Waals surface area contributed by atoms with Crippen molar-refractivity contribution in [2.45, 2.75) is 31.7 Å². The average molecular weight is 457 g/mol. The highest BCUT2D eigenvalue weighted by Crippen LogP contribution is 2.38. The fourth-order valence-corrected chi connectivity index (χ4v) is 3.70. The minimum atomic E-state index is -4.80. The number of aryl methyl sites for hydroxylation is 1. The highest BCUT2D eigenvalue weighted by molar-refractivity contribution is 6.31. The lowest BCUT2D eigenvalue weighted by molar-refractivity contribution is -0.137. The Balaban J connectivity index is 2.04. The second-order valence-corrected chi connectivity index (χ2v) is 7.58. The lowest BCUT2D eigenvalue weighted by Gasteiger charge is -2.30. The van der Waals surface area contributed by atoms with Crippen LogP contribution in [0.3, 0.4) is 0 Å². The molecule has 1 fully saturated rings. The smallest absolute Gasteiger partial charge is 0.391 e. The third-order valence-electron chi connectivity index (χ3n) is 5.00. The number of carbonyl (C=O) groups excluding carboxylic acids is 1. The van der Waals surface area contributed by atoms with E-state index in [0.29, 0.717) is 0 Å². The van der Waals surface area contributed by atoms with Crippen molar-refractivity contribution in [3.63, 3.8) is 0 Å². The number of carbonyl (C=O) groups is 1. The number of amides is 1. The first-order chi connectivity index (χ1) is 14.4. The van der Waals surface area contributed by atoms with Gasteiger partial charge in [0.25, 0.3) is 0 Å². The Labute approximate surface area is 180 Å². The Morgan fingerprint density at radius 1 is 1.39 bits per heavy atom. The molecule has 0 radical (unpaired) electrons. The van der Waals surface area contributed by atoms with Gasteiger partial charge in [-0.05, 0) is 31.2 Å². The van der Waals surface area contributed by atoms with E-state index >= 15 is 0 Å². The second kappa shape index (κ2) is 8.32. The van der Waals surface area contributed by atoms with Crippen LogP contribution < -0.4 is 9.80 Å².